The highest BCUT2D eigenvalue weighted by molar-refractivity contribution is 6.32. The molecule has 0 aliphatic rings. The Bertz CT molecular complexity index is 685. The number of halogens is 1. The zero-order valence-electron chi connectivity index (χ0n) is 11.5. The molecule has 5 nitrogen and oxygen atoms in total. The Labute approximate surface area is 126 Å². The number of nitro benzene ring substituents is 1. The van der Waals surface area contributed by atoms with Crippen molar-refractivity contribution < 1.29 is 14.8 Å². The van der Waals surface area contributed by atoms with Crippen molar-refractivity contribution in [1.29, 1.82) is 0 Å². The standard InChI is InChI=1S/C15H14ClNO4/c1-9-7-12(4-5-14(9)17(19)20)21-15-6-3-11(10(2)18)8-13(15)16/h3-8,10,18H,1-2H3/t10-/m1/s1. The molecule has 0 saturated heterocycles. The fourth-order valence-electron chi connectivity index (χ4n) is 1.88. The van der Waals surface area contributed by atoms with E-state index in [2.05, 4.69) is 0 Å². The molecule has 21 heavy (non-hydrogen) atoms. The molecular formula is C15H14ClNO4. The molecule has 0 aromatic heterocycles. The van der Waals surface area contributed by atoms with E-state index in [4.69, 9.17) is 16.3 Å². The quantitative estimate of drug-likeness (QED) is 0.671. The van der Waals surface area contributed by atoms with E-state index >= 15 is 0 Å². The Morgan fingerprint density at radius 3 is 2.52 bits per heavy atom. The lowest BCUT2D eigenvalue weighted by Gasteiger charge is -2.11. The molecular weight excluding hydrogens is 294 g/mol. The van der Waals surface area contributed by atoms with Crippen LogP contribution in [-0.2, 0) is 0 Å². The maximum Gasteiger partial charge on any atom is 0.272 e. The maximum atomic E-state index is 10.8. The van der Waals surface area contributed by atoms with E-state index in [1.807, 2.05) is 0 Å². The monoisotopic (exact) mass is 307 g/mol. The molecule has 0 amide bonds. The van der Waals surface area contributed by atoms with Gasteiger partial charge in [0.2, 0.25) is 0 Å². The molecule has 0 aliphatic heterocycles. The third kappa shape index (κ3) is 3.51. The number of hydrogen-bond donors (Lipinski definition) is 1. The van der Waals surface area contributed by atoms with Crippen molar-refractivity contribution in [2.75, 3.05) is 0 Å². The van der Waals surface area contributed by atoms with Crippen molar-refractivity contribution >= 4 is 17.3 Å². The Morgan fingerprint density at radius 1 is 1.29 bits per heavy atom. The molecule has 6 heteroatoms. The van der Waals surface area contributed by atoms with E-state index in [0.717, 1.165) is 0 Å². The summed E-state index contributed by atoms with van der Waals surface area (Å²) in [5.74, 6) is 0.888. The van der Waals surface area contributed by atoms with Gasteiger partial charge < -0.3 is 9.84 Å². The average molecular weight is 308 g/mol. The Kier molecular flexibility index (Phi) is 4.45. The van der Waals surface area contributed by atoms with Crippen LogP contribution in [0, 0.1) is 17.0 Å². The molecule has 0 fully saturated rings. The minimum absolute atomic E-state index is 0.0397. The topological polar surface area (TPSA) is 72.6 Å². The first-order valence-electron chi connectivity index (χ1n) is 6.29. The second-order valence-electron chi connectivity index (χ2n) is 4.67. The molecule has 2 aromatic rings. The molecule has 0 heterocycles. The van der Waals surface area contributed by atoms with Crippen molar-refractivity contribution in [3.8, 4) is 11.5 Å². The van der Waals surface area contributed by atoms with E-state index in [-0.39, 0.29) is 5.69 Å². The van der Waals surface area contributed by atoms with Crippen molar-refractivity contribution in [1.82, 2.24) is 0 Å². The minimum Gasteiger partial charge on any atom is -0.456 e. The van der Waals surface area contributed by atoms with Gasteiger partial charge in [0.05, 0.1) is 16.0 Å². The summed E-state index contributed by atoms with van der Waals surface area (Å²) in [5.41, 5.74) is 1.24. The number of nitro groups is 1. The fourth-order valence-corrected chi connectivity index (χ4v) is 2.11. The summed E-state index contributed by atoms with van der Waals surface area (Å²) in [5, 5.41) is 20.6. The molecule has 0 spiro atoms. The average Bonchev–Trinajstić information content (AvgIpc) is 2.40. The third-order valence-electron chi connectivity index (χ3n) is 3.03. The summed E-state index contributed by atoms with van der Waals surface area (Å²) in [6.07, 6.45) is -0.613. The summed E-state index contributed by atoms with van der Waals surface area (Å²) in [4.78, 5) is 10.3. The fraction of sp³-hybridized carbons (Fsp3) is 0.200. The zero-order chi connectivity index (χ0) is 15.6. The van der Waals surface area contributed by atoms with Crippen LogP contribution in [0.2, 0.25) is 5.02 Å². The molecule has 0 aliphatic carbocycles. The lowest BCUT2D eigenvalue weighted by atomic mass is 10.1. The van der Waals surface area contributed by atoms with Gasteiger partial charge in [-0.15, -0.1) is 0 Å². The van der Waals surface area contributed by atoms with Gasteiger partial charge in [0, 0.05) is 11.6 Å². The number of hydrogen-bond acceptors (Lipinski definition) is 4. The van der Waals surface area contributed by atoms with Gasteiger partial charge in [-0.25, -0.2) is 0 Å². The van der Waals surface area contributed by atoms with Gasteiger partial charge >= 0.3 is 0 Å². The van der Waals surface area contributed by atoms with Crippen molar-refractivity contribution in [2.24, 2.45) is 0 Å². The normalized spacial score (nSPS) is 12.0. The Balaban J connectivity index is 2.26. The van der Waals surface area contributed by atoms with Crippen LogP contribution < -0.4 is 4.74 Å². The van der Waals surface area contributed by atoms with Crippen molar-refractivity contribution in [2.45, 2.75) is 20.0 Å². The Hall–Kier alpha value is -2.11. The van der Waals surface area contributed by atoms with Gasteiger partial charge in [0.15, 0.2) is 0 Å². The van der Waals surface area contributed by atoms with Gasteiger partial charge in [-0.1, -0.05) is 17.7 Å². The highest BCUT2D eigenvalue weighted by atomic mass is 35.5. The zero-order valence-corrected chi connectivity index (χ0v) is 12.3. The maximum absolute atomic E-state index is 10.8. The highest BCUT2D eigenvalue weighted by Gasteiger charge is 2.12. The van der Waals surface area contributed by atoms with Crippen LogP contribution in [0.15, 0.2) is 36.4 Å². The molecule has 0 saturated carbocycles. The minimum atomic E-state index is -0.613. The molecule has 0 bridgehead atoms. The van der Waals surface area contributed by atoms with Gasteiger partial charge in [-0.05, 0) is 43.7 Å². The number of aliphatic hydroxyl groups is 1. The highest BCUT2D eigenvalue weighted by Crippen LogP contribution is 2.33. The van der Waals surface area contributed by atoms with Gasteiger partial charge in [0.1, 0.15) is 11.5 Å². The number of aryl methyl sites for hydroxylation is 1. The summed E-state index contributed by atoms with van der Waals surface area (Å²) in [7, 11) is 0. The molecule has 2 aromatic carbocycles. The van der Waals surface area contributed by atoms with Gasteiger partial charge in [-0.2, -0.15) is 0 Å². The van der Waals surface area contributed by atoms with E-state index in [1.165, 1.54) is 12.1 Å². The molecule has 110 valence electrons. The van der Waals surface area contributed by atoms with E-state index < -0.39 is 11.0 Å². The molecule has 1 atom stereocenters. The van der Waals surface area contributed by atoms with Crippen LogP contribution in [0.5, 0.6) is 11.5 Å². The van der Waals surface area contributed by atoms with Crippen LogP contribution in [-0.4, -0.2) is 10.0 Å². The van der Waals surface area contributed by atoms with Crippen LogP contribution >= 0.6 is 11.6 Å². The second kappa shape index (κ2) is 6.11. The van der Waals surface area contributed by atoms with Gasteiger partial charge in [-0.3, -0.25) is 10.1 Å². The number of benzene rings is 2. The third-order valence-corrected chi connectivity index (χ3v) is 3.33. The SMILES string of the molecule is Cc1cc(Oc2ccc([C@@H](C)O)cc2Cl)ccc1[N+](=O)[O-]. The van der Waals surface area contributed by atoms with Crippen LogP contribution in [0.25, 0.3) is 0 Å². The summed E-state index contributed by atoms with van der Waals surface area (Å²) in [6.45, 7) is 3.29. The Morgan fingerprint density at radius 2 is 2.00 bits per heavy atom. The summed E-state index contributed by atoms with van der Waals surface area (Å²) in [6, 6.07) is 9.48. The predicted molar refractivity (Wildman–Crippen MR) is 80.0 cm³/mol. The second-order valence-corrected chi connectivity index (χ2v) is 5.08. The predicted octanol–water partition coefficient (Wildman–Crippen LogP) is 4.40. The first kappa shape index (κ1) is 15.3. The number of ether oxygens (including phenoxy) is 1. The van der Waals surface area contributed by atoms with E-state index in [9.17, 15) is 15.2 Å². The van der Waals surface area contributed by atoms with E-state index in [1.54, 1.807) is 38.1 Å². The molecule has 0 unspecified atom stereocenters. The van der Waals surface area contributed by atoms with Crippen LogP contribution in [0.3, 0.4) is 0 Å². The van der Waals surface area contributed by atoms with Crippen LogP contribution in [0.1, 0.15) is 24.2 Å². The van der Waals surface area contributed by atoms with Crippen molar-refractivity contribution in [3.63, 3.8) is 0 Å². The van der Waals surface area contributed by atoms with Crippen molar-refractivity contribution in [3.05, 3.63) is 62.7 Å². The van der Waals surface area contributed by atoms with Crippen LogP contribution in [0.4, 0.5) is 5.69 Å². The van der Waals surface area contributed by atoms with Gasteiger partial charge in [0.25, 0.3) is 5.69 Å². The first-order chi connectivity index (χ1) is 9.88. The summed E-state index contributed by atoms with van der Waals surface area (Å²) >= 11 is 6.10. The molecule has 2 rings (SSSR count). The lowest BCUT2D eigenvalue weighted by molar-refractivity contribution is -0.385. The summed E-state index contributed by atoms with van der Waals surface area (Å²) < 4.78 is 5.62. The lowest BCUT2D eigenvalue weighted by Crippen LogP contribution is -1.94. The smallest absolute Gasteiger partial charge is 0.272 e. The molecule has 0 radical (unpaired) electrons. The van der Waals surface area contributed by atoms with E-state index in [0.29, 0.717) is 27.6 Å². The number of rotatable bonds is 4. The first-order valence-corrected chi connectivity index (χ1v) is 6.66. The molecule has 1 N–H and O–H groups in total. The number of nitrogens with zero attached hydrogens (tertiary/aromatic N) is 1. The largest absolute Gasteiger partial charge is 0.456 e. The number of aliphatic hydroxyl groups excluding tert-OH is 1.